The molecule has 0 aliphatic carbocycles. The molecule has 0 unspecified atom stereocenters. The third-order valence-electron chi connectivity index (χ3n) is 4.55. The van der Waals surface area contributed by atoms with Crippen LogP contribution in [-0.4, -0.2) is 67.4 Å². The topological polar surface area (TPSA) is 151 Å². The molecule has 1 aromatic carbocycles. The number of esters is 1. The van der Waals surface area contributed by atoms with Crippen LogP contribution in [0.5, 0.6) is 0 Å². The maximum absolute atomic E-state index is 12.6. The van der Waals surface area contributed by atoms with Crippen molar-refractivity contribution in [2.75, 3.05) is 44.2 Å². The van der Waals surface area contributed by atoms with E-state index in [2.05, 4.69) is 20.0 Å². The van der Waals surface area contributed by atoms with Crippen LogP contribution in [0.2, 0.25) is 0 Å². The molecule has 1 amide bonds. The number of nitrogens with one attached hydrogen (secondary N) is 2. The zero-order valence-corrected chi connectivity index (χ0v) is 20.6. The molecule has 0 saturated carbocycles. The SMILES string of the molecule is CCOC(=O)CNN.Cc1cccc(F)c1C(F)(F)F.N=C(N)c1cnc(N2CCN(C=O)CC2)s1. The number of aryl methyl sites for hydroxylation is 1. The number of alkyl halides is 3. The quantitative estimate of drug-likeness (QED) is 0.0833. The number of benzene rings is 1. The van der Waals surface area contributed by atoms with Crippen LogP contribution >= 0.6 is 11.3 Å². The number of nitrogens with two attached hydrogens (primary N) is 2. The summed E-state index contributed by atoms with van der Waals surface area (Å²) < 4.78 is 53.3. The molecule has 200 valence electrons. The molecule has 6 N–H and O–H groups in total. The van der Waals surface area contributed by atoms with Crippen molar-refractivity contribution in [3.05, 3.63) is 46.2 Å². The predicted molar refractivity (Wildman–Crippen MR) is 128 cm³/mol. The Hall–Kier alpha value is -3.30. The normalized spacial score (nSPS) is 13.1. The average molecular weight is 536 g/mol. The van der Waals surface area contributed by atoms with Crippen LogP contribution in [-0.2, 0) is 20.5 Å². The number of anilines is 1. The molecule has 1 fully saturated rings. The highest BCUT2D eigenvalue weighted by Crippen LogP contribution is 2.33. The fourth-order valence-electron chi connectivity index (χ4n) is 2.84. The molecule has 10 nitrogen and oxygen atoms in total. The molecular formula is C21H29F4N7O3S. The monoisotopic (exact) mass is 535 g/mol. The van der Waals surface area contributed by atoms with Crippen LogP contribution in [0.3, 0.4) is 0 Å². The maximum Gasteiger partial charge on any atom is 0.419 e. The first-order valence-electron chi connectivity index (χ1n) is 10.6. The predicted octanol–water partition coefficient (Wildman–Crippen LogP) is 1.87. The van der Waals surface area contributed by atoms with Crippen LogP contribution in [0, 0.1) is 18.2 Å². The van der Waals surface area contributed by atoms with Gasteiger partial charge in [-0.25, -0.2) is 14.8 Å². The number of thiazole rings is 1. The average Bonchev–Trinajstić information content (AvgIpc) is 3.30. The largest absolute Gasteiger partial charge is 0.465 e. The molecule has 1 aromatic heterocycles. The van der Waals surface area contributed by atoms with Crippen LogP contribution in [0.4, 0.5) is 22.7 Å². The number of carbonyl (C=O) groups excluding carboxylic acids is 2. The Morgan fingerprint density at radius 2 is 1.94 bits per heavy atom. The number of amides is 1. The van der Waals surface area contributed by atoms with Crippen molar-refractivity contribution in [3.8, 4) is 0 Å². The molecule has 0 atom stereocenters. The lowest BCUT2D eigenvalue weighted by Crippen LogP contribution is -2.45. The van der Waals surface area contributed by atoms with Gasteiger partial charge in [-0.2, -0.15) is 13.2 Å². The van der Waals surface area contributed by atoms with Gasteiger partial charge in [-0.3, -0.25) is 20.8 Å². The maximum atomic E-state index is 12.6. The Balaban J connectivity index is 0.000000288. The van der Waals surface area contributed by atoms with Crippen molar-refractivity contribution >= 4 is 34.7 Å². The first-order valence-corrected chi connectivity index (χ1v) is 11.4. The number of hydrogen-bond donors (Lipinski definition) is 4. The summed E-state index contributed by atoms with van der Waals surface area (Å²) in [4.78, 5) is 29.6. The smallest absolute Gasteiger partial charge is 0.419 e. The van der Waals surface area contributed by atoms with E-state index < -0.39 is 17.6 Å². The lowest BCUT2D eigenvalue weighted by atomic mass is 10.1. The van der Waals surface area contributed by atoms with Gasteiger partial charge >= 0.3 is 12.1 Å². The van der Waals surface area contributed by atoms with E-state index in [-0.39, 0.29) is 23.9 Å². The van der Waals surface area contributed by atoms with Crippen molar-refractivity contribution in [2.45, 2.75) is 20.0 Å². The molecule has 2 aromatic rings. The second-order valence-electron chi connectivity index (χ2n) is 7.16. The van der Waals surface area contributed by atoms with Crippen molar-refractivity contribution in [1.29, 1.82) is 5.41 Å². The van der Waals surface area contributed by atoms with Gasteiger partial charge in [0.15, 0.2) is 5.13 Å². The zero-order chi connectivity index (χ0) is 27.3. The van der Waals surface area contributed by atoms with Gasteiger partial charge in [-0.05, 0) is 25.5 Å². The summed E-state index contributed by atoms with van der Waals surface area (Å²) in [6, 6.07) is 3.28. The third-order valence-corrected chi connectivity index (χ3v) is 5.64. The number of rotatable bonds is 6. The number of hydrogen-bond acceptors (Lipinski definition) is 9. The van der Waals surface area contributed by atoms with E-state index in [4.69, 9.17) is 17.0 Å². The van der Waals surface area contributed by atoms with Gasteiger partial charge in [0.25, 0.3) is 0 Å². The van der Waals surface area contributed by atoms with E-state index in [1.165, 1.54) is 30.4 Å². The molecule has 1 aliphatic heterocycles. The number of halogens is 4. The number of hydrazine groups is 1. The molecule has 1 saturated heterocycles. The molecule has 0 bridgehead atoms. The highest BCUT2D eigenvalue weighted by atomic mass is 32.1. The van der Waals surface area contributed by atoms with Crippen molar-refractivity contribution < 1.29 is 31.9 Å². The van der Waals surface area contributed by atoms with Crippen LogP contribution in [0.1, 0.15) is 22.9 Å². The standard InChI is InChI=1S/C9H13N5OS.C8H6F4.C4H10N2O2/c10-8(11)7-5-12-9(16-7)14-3-1-13(6-15)2-4-14;1-5-3-2-4-6(9)7(5)8(10,11)12;1-2-8-4(7)3-6-5/h5-6H,1-4H2,(H3,10,11);2-4H,1H3;6H,2-3,5H2,1H3. The van der Waals surface area contributed by atoms with Gasteiger partial charge in [0.1, 0.15) is 18.2 Å². The summed E-state index contributed by atoms with van der Waals surface area (Å²) in [6.07, 6.45) is -2.11. The van der Waals surface area contributed by atoms with E-state index in [0.29, 0.717) is 11.5 Å². The summed E-state index contributed by atoms with van der Waals surface area (Å²) in [5.74, 6) is 3.32. The van der Waals surface area contributed by atoms with Gasteiger partial charge in [0.2, 0.25) is 6.41 Å². The van der Waals surface area contributed by atoms with E-state index >= 15 is 0 Å². The number of amidine groups is 1. The fraction of sp³-hybridized carbons (Fsp3) is 0.429. The zero-order valence-electron chi connectivity index (χ0n) is 19.8. The number of carbonyl (C=O) groups is 2. The lowest BCUT2D eigenvalue weighted by molar-refractivity contribution is -0.142. The highest BCUT2D eigenvalue weighted by molar-refractivity contribution is 7.17. The second kappa shape index (κ2) is 15.0. The van der Waals surface area contributed by atoms with Gasteiger partial charge in [-0.15, -0.1) is 0 Å². The first kappa shape index (κ1) is 30.7. The number of ether oxygens (including phenoxy) is 1. The first-order chi connectivity index (χ1) is 16.9. The Morgan fingerprint density at radius 3 is 2.36 bits per heavy atom. The van der Waals surface area contributed by atoms with Gasteiger partial charge in [-0.1, -0.05) is 23.5 Å². The van der Waals surface area contributed by atoms with Crippen LogP contribution in [0.15, 0.2) is 24.4 Å². The van der Waals surface area contributed by atoms with Gasteiger partial charge in [0, 0.05) is 26.2 Å². The third kappa shape index (κ3) is 10.1. The minimum Gasteiger partial charge on any atom is -0.465 e. The number of aromatic nitrogens is 1. The molecule has 3 rings (SSSR count). The minimum atomic E-state index is -4.60. The van der Waals surface area contributed by atoms with Crippen molar-refractivity contribution in [2.24, 2.45) is 11.6 Å². The number of nitrogen functional groups attached to an aromatic ring is 1. The van der Waals surface area contributed by atoms with Crippen molar-refractivity contribution in [3.63, 3.8) is 0 Å². The molecule has 1 aliphatic rings. The Morgan fingerprint density at radius 1 is 1.31 bits per heavy atom. The van der Waals surface area contributed by atoms with E-state index in [1.54, 1.807) is 18.0 Å². The summed E-state index contributed by atoms with van der Waals surface area (Å²) >= 11 is 1.41. The highest BCUT2D eigenvalue weighted by Gasteiger charge is 2.35. The van der Waals surface area contributed by atoms with Crippen molar-refractivity contribution in [1.82, 2.24) is 15.3 Å². The van der Waals surface area contributed by atoms with Crippen LogP contribution in [0.25, 0.3) is 0 Å². The Bertz CT molecular complexity index is 968. The van der Waals surface area contributed by atoms with Gasteiger partial charge < -0.3 is 20.3 Å². The van der Waals surface area contributed by atoms with Gasteiger partial charge in [0.05, 0.1) is 23.2 Å². The van der Waals surface area contributed by atoms with E-state index in [1.807, 2.05) is 0 Å². The Kier molecular flexibility index (Phi) is 12.8. The second-order valence-corrected chi connectivity index (χ2v) is 8.17. The molecule has 0 spiro atoms. The number of piperazine rings is 1. The molecule has 2 heterocycles. The fourth-order valence-corrected chi connectivity index (χ4v) is 3.67. The molecule has 15 heteroatoms. The number of nitrogens with zero attached hydrogens (tertiary/aromatic N) is 3. The molecule has 36 heavy (non-hydrogen) atoms. The van der Waals surface area contributed by atoms with Crippen LogP contribution < -0.4 is 21.9 Å². The summed E-state index contributed by atoms with van der Waals surface area (Å²) in [6.45, 7) is 6.46. The summed E-state index contributed by atoms with van der Waals surface area (Å²) in [7, 11) is 0. The van der Waals surface area contributed by atoms with E-state index in [9.17, 15) is 27.2 Å². The summed E-state index contributed by atoms with van der Waals surface area (Å²) in [5, 5.41) is 8.17. The Labute approximate surface area is 209 Å². The molecular weight excluding hydrogens is 506 g/mol. The lowest BCUT2D eigenvalue weighted by Gasteiger charge is -2.32. The van der Waals surface area contributed by atoms with E-state index in [0.717, 1.165) is 43.8 Å². The summed E-state index contributed by atoms with van der Waals surface area (Å²) in [5.41, 5.74) is 6.29. The molecule has 0 radical (unpaired) electrons. The minimum absolute atomic E-state index is 0.0512.